The summed E-state index contributed by atoms with van der Waals surface area (Å²) < 4.78 is 0. The van der Waals surface area contributed by atoms with Crippen molar-refractivity contribution in [3.8, 4) is 0 Å². The molecule has 1 aromatic heterocycles. The topological polar surface area (TPSA) is 22.6 Å². The molecule has 45 heavy (non-hydrogen) atoms. The summed E-state index contributed by atoms with van der Waals surface area (Å²) in [4.78, 5) is 11.9. The van der Waals surface area contributed by atoms with E-state index in [0.717, 1.165) is 28.4 Å². The van der Waals surface area contributed by atoms with Gasteiger partial charge in [-0.1, -0.05) is 84.9 Å². The summed E-state index contributed by atoms with van der Waals surface area (Å²) in [6.45, 7) is 4.23. The zero-order valence-electron chi connectivity index (χ0n) is 25.7. The molecular weight excluding hydrogens is 548 g/mol. The van der Waals surface area contributed by atoms with E-state index in [1.807, 2.05) is 6.20 Å². The number of pyridine rings is 1. The molecule has 4 heteroatoms. The second-order valence-corrected chi connectivity index (χ2v) is 12.0. The number of allylic oxidation sites excluding steroid dienone is 2. The van der Waals surface area contributed by atoms with E-state index in [1.165, 1.54) is 43.6 Å². The van der Waals surface area contributed by atoms with Gasteiger partial charge in [-0.25, -0.2) is 4.98 Å². The van der Waals surface area contributed by atoms with E-state index in [0.29, 0.717) is 0 Å². The Morgan fingerprint density at radius 3 is 1.84 bits per heavy atom. The van der Waals surface area contributed by atoms with Crippen LogP contribution in [-0.2, 0) is 0 Å². The van der Waals surface area contributed by atoms with Crippen LogP contribution in [0, 0.1) is 6.92 Å². The Kier molecular flexibility index (Phi) is 6.49. The molecule has 4 nitrogen and oxygen atoms in total. The molecule has 2 heterocycles. The minimum Gasteiger partial charge on any atom is -0.357 e. The predicted molar refractivity (Wildman–Crippen MR) is 190 cm³/mol. The van der Waals surface area contributed by atoms with E-state index in [4.69, 9.17) is 4.98 Å². The Bertz CT molecular complexity index is 2200. The SMILES string of the molecule is CC1=CN(C)C(N(c2ccccc2)c2ccc3ccc4c(N(c5ccccc5)c5ccc(C)cn5)ccc5ccc2c3c54)C=C1. The smallest absolute Gasteiger partial charge is 0.137 e. The molecule has 1 aliphatic rings. The van der Waals surface area contributed by atoms with Crippen molar-refractivity contribution in [3.05, 3.63) is 157 Å². The average molecular weight is 583 g/mol. The fourth-order valence-corrected chi connectivity index (χ4v) is 6.84. The van der Waals surface area contributed by atoms with Gasteiger partial charge in [0.15, 0.2) is 0 Å². The van der Waals surface area contributed by atoms with Crippen molar-refractivity contribution in [1.29, 1.82) is 0 Å². The quantitative estimate of drug-likeness (QED) is 0.182. The number of aromatic nitrogens is 1. The first kappa shape index (κ1) is 27.0. The highest BCUT2D eigenvalue weighted by molar-refractivity contribution is 6.27. The molecule has 0 fully saturated rings. The molecule has 0 amide bonds. The van der Waals surface area contributed by atoms with Gasteiger partial charge in [-0.2, -0.15) is 0 Å². The number of benzene rings is 6. The summed E-state index contributed by atoms with van der Waals surface area (Å²) in [6, 6.07) is 43.7. The van der Waals surface area contributed by atoms with Crippen molar-refractivity contribution in [2.75, 3.05) is 16.8 Å². The van der Waals surface area contributed by atoms with E-state index in [2.05, 4.69) is 175 Å². The Balaban J connectivity index is 1.39. The summed E-state index contributed by atoms with van der Waals surface area (Å²) in [5.74, 6) is 0.897. The maximum absolute atomic E-state index is 4.88. The monoisotopic (exact) mass is 582 g/mol. The fourth-order valence-electron chi connectivity index (χ4n) is 6.84. The molecule has 0 aliphatic carbocycles. The second kappa shape index (κ2) is 10.8. The minimum atomic E-state index is 0.0336. The van der Waals surface area contributed by atoms with Crippen molar-refractivity contribution in [2.24, 2.45) is 0 Å². The van der Waals surface area contributed by atoms with Crippen LogP contribution in [-0.4, -0.2) is 23.1 Å². The van der Waals surface area contributed by atoms with Crippen LogP contribution in [0.5, 0.6) is 0 Å². The maximum atomic E-state index is 4.88. The highest BCUT2D eigenvalue weighted by Gasteiger charge is 2.26. The molecule has 1 aliphatic heterocycles. The molecule has 1 atom stereocenters. The van der Waals surface area contributed by atoms with Gasteiger partial charge in [0.05, 0.1) is 11.4 Å². The number of aryl methyl sites for hydroxylation is 1. The van der Waals surface area contributed by atoms with Gasteiger partial charge >= 0.3 is 0 Å². The summed E-state index contributed by atoms with van der Waals surface area (Å²) in [5.41, 5.74) is 6.92. The zero-order chi connectivity index (χ0) is 30.5. The first-order chi connectivity index (χ1) is 22.1. The van der Waals surface area contributed by atoms with Crippen LogP contribution >= 0.6 is 0 Å². The van der Waals surface area contributed by atoms with Crippen LogP contribution in [0.25, 0.3) is 32.3 Å². The molecule has 218 valence electrons. The van der Waals surface area contributed by atoms with Crippen LogP contribution in [0.3, 0.4) is 0 Å². The first-order valence-electron chi connectivity index (χ1n) is 15.5. The van der Waals surface area contributed by atoms with E-state index in [1.54, 1.807) is 0 Å². The lowest BCUT2D eigenvalue weighted by atomic mass is 9.91. The van der Waals surface area contributed by atoms with Gasteiger partial charge in [0.25, 0.3) is 0 Å². The lowest BCUT2D eigenvalue weighted by Crippen LogP contribution is -2.41. The lowest BCUT2D eigenvalue weighted by molar-refractivity contribution is 0.381. The Labute approximate surface area is 264 Å². The lowest BCUT2D eigenvalue weighted by Gasteiger charge is -2.39. The number of para-hydroxylation sites is 2. The summed E-state index contributed by atoms with van der Waals surface area (Å²) in [6.07, 6.45) is 8.72. The summed E-state index contributed by atoms with van der Waals surface area (Å²) in [5, 5.41) is 7.46. The van der Waals surface area contributed by atoms with Crippen molar-refractivity contribution in [3.63, 3.8) is 0 Å². The Hall–Kier alpha value is -5.61. The number of hydrogen-bond acceptors (Lipinski definition) is 4. The van der Waals surface area contributed by atoms with Crippen LogP contribution in [0.2, 0.25) is 0 Å². The van der Waals surface area contributed by atoms with Gasteiger partial charge in [0.1, 0.15) is 12.0 Å². The zero-order valence-corrected chi connectivity index (χ0v) is 25.7. The molecule has 0 spiro atoms. The number of anilines is 5. The second-order valence-electron chi connectivity index (χ2n) is 12.0. The van der Waals surface area contributed by atoms with Crippen LogP contribution in [0.15, 0.2) is 151 Å². The van der Waals surface area contributed by atoms with Gasteiger partial charge in [-0.05, 0) is 95.1 Å². The molecule has 8 rings (SSSR count). The maximum Gasteiger partial charge on any atom is 0.137 e. The highest BCUT2D eigenvalue weighted by atomic mass is 15.3. The molecule has 0 bridgehead atoms. The van der Waals surface area contributed by atoms with Gasteiger partial charge < -0.3 is 9.80 Å². The normalized spacial score (nSPS) is 14.8. The van der Waals surface area contributed by atoms with Crippen molar-refractivity contribution in [1.82, 2.24) is 9.88 Å². The minimum absolute atomic E-state index is 0.0336. The molecule has 0 saturated carbocycles. The van der Waals surface area contributed by atoms with Crippen LogP contribution in [0.1, 0.15) is 12.5 Å². The van der Waals surface area contributed by atoms with Crippen LogP contribution < -0.4 is 9.80 Å². The first-order valence-corrected chi connectivity index (χ1v) is 15.5. The van der Waals surface area contributed by atoms with E-state index in [-0.39, 0.29) is 6.17 Å². The molecule has 0 radical (unpaired) electrons. The Morgan fingerprint density at radius 1 is 0.622 bits per heavy atom. The molecule has 6 aromatic carbocycles. The van der Waals surface area contributed by atoms with E-state index in [9.17, 15) is 0 Å². The summed E-state index contributed by atoms with van der Waals surface area (Å²) >= 11 is 0. The predicted octanol–water partition coefficient (Wildman–Crippen LogP) is 10.6. The van der Waals surface area contributed by atoms with Crippen molar-refractivity contribution < 1.29 is 0 Å². The van der Waals surface area contributed by atoms with Gasteiger partial charge in [0.2, 0.25) is 0 Å². The van der Waals surface area contributed by atoms with Crippen molar-refractivity contribution in [2.45, 2.75) is 20.0 Å². The number of nitrogens with zero attached hydrogens (tertiary/aromatic N) is 4. The van der Waals surface area contributed by atoms with Crippen LogP contribution in [0.4, 0.5) is 28.6 Å². The molecular formula is C41H34N4. The standard InChI is InChI=1S/C41H34N4/c1-28-14-24-38(42-26-28)44(32-10-6-4-7-11-32)36-22-18-30-17-21-35-37(23-19-31-16-20-34(36)40(30)41(31)35)45(33-12-8-5-9-13-33)39-25-15-29(2)27-43(39)3/h4-27,39H,1-3H3. The van der Waals surface area contributed by atoms with Crippen molar-refractivity contribution >= 4 is 60.9 Å². The third kappa shape index (κ3) is 4.58. The number of likely N-dealkylation sites (N-methyl/N-ethyl adjacent to an activating group) is 1. The molecule has 0 saturated heterocycles. The van der Waals surface area contributed by atoms with Gasteiger partial charge in [-0.15, -0.1) is 0 Å². The number of rotatable bonds is 6. The number of hydrogen-bond donors (Lipinski definition) is 0. The molecule has 7 aromatic rings. The fraction of sp³-hybridized carbons (Fsp3) is 0.0976. The third-order valence-corrected chi connectivity index (χ3v) is 8.91. The third-order valence-electron chi connectivity index (χ3n) is 8.91. The van der Waals surface area contributed by atoms with Gasteiger partial charge in [0, 0.05) is 41.6 Å². The largest absolute Gasteiger partial charge is 0.357 e. The Morgan fingerprint density at radius 2 is 1.22 bits per heavy atom. The average Bonchev–Trinajstić information content (AvgIpc) is 3.07. The summed E-state index contributed by atoms with van der Waals surface area (Å²) in [7, 11) is 2.16. The molecule has 1 unspecified atom stereocenters. The van der Waals surface area contributed by atoms with Gasteiger partial charge in [-0.3, -0.25) is 4.90 Å². The molecule has 0 N–H and O–H groups in total. The highest BCUT2D eigenvalue weighted by Crippen LogP contribution is 2.46. The van der Waals surface area contributed by atoms with E-state index < -0.39 is 0 Å². The van der Waals surface area contributed by atoms with E-state index >= 15 is 0 Å².